The van der Waals surface area contributed by atoms with E-state index in [1.54, 1.807) is 7.11 Å². The van der Waals surface area contributed by atoms with Gasteiger partial charge in [0.1, 0.15) is 18.1 Å². The fourth-order valence-corrected chi connectivity index (χ4v) is 3.13. The number of halogens is 1. The fourth-order valence-electron chi connectivity index (χ4n) is 3.13. The van der Waals surface area contributed by atoms with Crippen LogP contribution < -0.4 is 15.0 Å². The van der Waals surface area contributed by atoms with Gasteiger partial charge in [-0.05, 0) is 38.1 Å². The van der Waals surface area contributed by atoms with Gasteiger partial charge in [-0.2, -0.15) is 0 Å². The molecule has 1 N–H and O–H groups in total. The Balaban J connectivity index is 0.00000280. The zero-order chi connectivity index (χ0) is 19.2. The molecule has 0 atom stereocenters. The molecule has 0 radical (unpaired) electrons. The van der Waals surface area contributed by atoms with Crippen molar-refractivity contribution in [2.45, 2.75) is 20.4 Å². The van der Waals surface area contributed by atoms with Crippen molar-refractivity contribution in [1.82, 2.24) is 25.0 Å². The molecule has 2 heterocycles. The van der Waals surface area contributed by atoms with Crippen LogP contribution in [0.5, 0.6) is 5.75 Å². The van der Waals surface area contributed by atoms with Crippen molar-refractivity contribution in [3.63, 3.8) is 0 Å². The van der Waals surface area contributed by atoms with Crippen molar-refractivity contribution < 1.29 is 4.74 Å². The number of aliphatic imine (C=N–C) groups is 1. The van der Waals surface area contributed by atoms with Crippen LogP contribution in [0.2, 0.25) is 0 Å². The van der Waals surface area contributed by atoms with Gasteiger partial charge in [0.25, 0.3) is 0 Å². The second kappa shape index (κ2) is 10.5. The molecule has 1 aromatic heterocycles. The monoisotopic (exact) mass is 499 g/mol. The molecule has 1 fully saturated rings. The number of piperazine rings is 1. The summed E-state index contributed by atoms with van der Waals surface area (Å²) in [5, 5.41) is 11.7. The van der Waals surface area contributed by atoms with Gasteiger partial charge < -0.3 is 24.4 Å². The number of hydrogen-bond donors (Lipinski definition) is 1. The highest BCUT2D eigenvalue weighted by atomic mass is 127. The van der Waals surface area contributed by atoms with E-state index in [1.807, 2.05) is 30.7 Å². The van der Waals surface area contributed by atoms with E-state index in [9.17, 15) is 0 Å². The minimum Gasteiger partial charge on any atom is -0.497 e. The van der Waals surface area contributed by atoms with Crippen LogP contribution in [0.25, 0.3) is 0 Å². The summed E-state index contributed by atoms with van der Waals surface area (Å²) in [6, 6.07) is 8.25. The number of benzene rings is 1. The van der Waals surface area contributed by atoms with Crippen molar-refractivity contribution in [2.75, 3.05) is 44.7 Å². The van der Waals surface area contributed by atoms with E-state index in [4.69, 9.17) is 9.73 Å². The molecule has 1 aliphatic rings. The Hall–Kier alpha value is -2.04. The van der Waals surface area contributed by atoms with Crippen LogP contribution in [0.1, 0.15) is 18.6 Å². The van der Waals surface area contributed by atoms with Crippen LogP contribution in [0, 0.1) is 6.92 Å². The van der Waals surface area contributed by atoms with Crippen LogP contribution in [0.3, 0.4) is 0 Å². The molecule has 28 heavy (non-hydrogen) atoms. The van der Waals surface area contributed by atoms with Crippen LogP contribution in [-0.4, -0.2) is 65.5 Å². The van der Waals surface area contributed by atoms with Crippen LogP contribution in [0.4, 0.5) is 5.69 Å². The molecule has 0 amide bonds. The minimum atomic E-state index is 0. The van der Waals surface area contributed by atoms with Gasteiger partial charge in [-0.3, -0.25) is 0 Å². The Morgan fingerprint density at radius 1 is 1.14 bits per heavy atom. The Labute approximate surface area is 184 Å². The third-order valence-corrected chi connectivity index (χ3v) is 4.90. The predicted molar refractivity (Wildman–Crippen MR) is 123 cm³/mol. The van der Waals surface area contributed by atoms with E-state index in [-0.39, 0.29) is 24.0 Å². The maximum atomic E-state index is 5.24. The average molecular weight is 499 g/mol. The number of guanidine groups is 1. The molecular weight excluding hydrogens is 469 g/mol. The van der Waals surface area contributed by atoms with E-state index >= 15 is 0 Å². The van der Waals surface area contributed by atoms with Crippen LogP contribution in [-0.2, 0) is 13.6 Å². The summed E-state index contributed by atoms with van der Waals surface area (Å²) in [5.74, 6) is 3.60. The van der Waals surface area contributed by atoms with Crippen LogP contribution >= 0.6 is 24.0 Å². The maximum absolute atomic E-state index is 5.24. The third-order valence-electron chi connectivity index (χ3n) is 4.90. The molecule has 2 aromatic rings. The smallest absolute Gasteiger partial charge is 0.194 e. The Bertz CT molecular complexity index is 767. The Morgan fingerprint density at radius 2 is 1.82 bits per heavy atom. The number of rotatable bonds is 5. The lowest BCUT2D eigenvalue weighted by Gasteiger charge is -2.37. The summed E-state index contributed by atoms with van der Waals surface area (Å²) in [7, 11) is 3.67. The predicted octanol–water partition coefficient (Wildman–Crippen LogP) is 2.04. The summed E-state index contributed by atoms with van der Waals surface area (Å²) >= 11 is 0. The molecule has 154 valence electrons. The lowest BCUT2D eigenvalue weighted by Crippen LogP contribution is -2.52. The highest BCUT2D eigenvalue weighted by Crippen LogP contribution is 2.20. The molecular formula is C19H30IN7O. The molecule has 0 aliphatic carbocycles. The van der Waals surface area contributed by atoms with E-state index in [2.05, 4.69) is 44.4 Å². The molecule has 8 nitrogen and oxygen atoms in total. The van der Waals surface area contributed by atoms with Gasteiger partial charge in [-0.15, -0.1) is 34.2 Å². The first kappa shape index (κ1) is 22.3. The molecule has 0 saturated carbocycles. The molecule has 1 saturated heterocycles. The van der Waals surface area contributed by atoms with Gasteiger partial charge in [0.2, 0.25) is 0 Å². The molecule has 0 unspecified atom stereocenters. The maximum Gasteiger partial charge on any atom is 0.194 e. The second-order valence-corrected chi connectivity index (χ2v) is 6.56. The van der Waals surface area contributed by atoms with E-state index in [1.165, 1.54) is 5.69 Å². The molecule has 0 spiro atoms. The zero-order valence-electron chi connectivity index (χ0n) is 17.1. The number of nitrogens with zero attached hydrogens (tertiary/aromatic N) is 6. The largest absolute Gasteiger partial charge is 0.497 e. The molecule has 3 rings (SSSR count). The molecule has 1 aliphatic heterocycles. The summed E-state index contributed by atoms with van der Waals surface area (Å²) in [6.45, 7) is 9.18. The van der Waals surface area contributed by atoms with Crippen molar-refractivity contribution in [3.05, 3.63) is 35.9 Å². The van der Waals surface area contributed by atoms with Gasteiger partial charge in [-0.25, -0.2) is 4.99 Å². The Kier molecular flexibility index (Phi) is 8.34. The minimum absolute atomic E-state index is 0. The molecule has 1 aromatic carbocycles. The van der Waals surface area contributed by atoms with Crippen molar-refractivity contribution in [1.29, 1.82) is 0 Å². The number of aryl methyl sites for hydroxylation is 1. The quantitative estimate of drug-likeness (QED) is 0.386. The standard InChI is InChI=1S/C19H29N7O.HI/c1-5-20-19(21-14-18-23-22-15(2)24(18)3)26-12-10-25(11-13-26)16-6-8-17(27-4)9-7-16;/h6-9H,5,10-14H2,1-4H3,(H,20,21);1H. The van der Waals surface area contributed by atoms with Gasteiger partial charge in [0.05, 0.1) is 7.11 Å². The summed E-state index contributed by atoms with van der Waals surface area (Å²) in [5.41, 5.74) is 1.23. The van der Waals surface area contributed by atoms with Crippen LogP contribution in [0.15, 0.2) is 29.3 Å². The number of nitrogens with one attached hydrogen (secondary N) is 1. The highest BCUT2D eigenvalue weighted by Gasteiger charge is 2.20. The number of ether oxygens (including phenoxy) is 1. The molecule has 0 bridgehead atoms. The summed E-state index contributed by atoms with van der Waals surface area (Å²) in [4.78, 5) is 9.48. The topological polar surface area (TPSA) is 70.8 Å². The van der Waals surface area contributed by atoms with Gasteiger partial charge >= 0.3 is 0 Å². The number of anilines is 1. The first-order valence-electron chi connectivity index (χ1n) is 9.39. The number of methoxy groups -OCH3 is 1. The van der Waals surface area contributed by atoms with Gasteiger partial charge in [0, 0.05) is 45.5 Å². The third kappa shape index (κ3) is 5.27. The Morgan fingerprint density at radius 3 is 2.36 bits per heavy atom. The van der Waals surface area contributed by atoms with E-state index in [0.717, 1.165) is 56.1 Å². The van der Waals surface area contributed by atoms with Crippen molar-refractivity contribution in [3.8, 4) is 5.75 Å². The number of hydrogen-bond acceptors (Lipinski definition) is 5. The normalized spacial score (nSPS) is 14.6. The molecule has 9 heteroatoms. The van der Waals surface area contributed by atoms with Crippen molar-refractivity contribution >= 4 is 35.6 Å². The summed E-state index contributed by atoms with van der Waals surface area (Å²) in [6.07, 6.45) is 0. The fraction of sp³-hybridized carbons (Fsp3) is 0.526. The summed E-state index contributed by atoms with van der Waals surface area (Å²) < 4.78 is 7.22. The van der Waals surface area contributed by atoms with Crippen molar-refractivity contribution in [2.24, 2.45) is 12.0 Å². The zero-order valence-corrected chi connectivity index (χ0v) is 19.4. The van der Waals surface area contributed by atoms with Gasteiger partial charge in [-0.1, -0.05) is 0 Å². The number of aromatic nitrogens is 3. The second-order valence-electron chi connectivity index (χ2n) is 6.56. The van der Waals surface area contributed by atoms with E-state index in [0.29, 0.717) is 6.54 Å². The lowest BCUT2D eigenvalue weighted by atomic mass is 10.2. The van der Waals surface area contributed by atoms with Gasteiger partial charge in [0.15, 0.2) is 11.8 Å². The average Bonchev–Trinajstić information content (AvgIpc) is 3.03. The first-order chi connectivity index (χ1) is 13.1. The lowest BCUT2D eigenvalue weighted by molar-refractivity contribution is 0.372. The SMILES string of the molecule is CCNC(=NCc1nnc(C)n1C)N1CCN(c2ccc(OC)cc2)CC1.I. The first-order valence-corrected chi connectivity index (χ1v) is 9.39. The highest BCUT2D eigenvalue weighted by molar-refractivity contribution is 14.0. The van der Waals surface area contributed by atoms with E-state index < -0.39 is 0 Å².